The van der Waals surface area contributed by atoms with Crippen LogP contribution >= 0.6 is 11.3 Å². The molecule has 1 aromatic heterocycles. The van der Waals surface area contributed by atoms with E-state index in [1.54, 1.807) is 17.4 Å². The maximum atomic E-state index is 10.8. The SMILES string of the molecule is O=C(O)Nc1ccccc1-c1nc(C2CCC2)cs1. The molecule has 1 aromatic carbocycles. The van der Waals surface area contributed by atoms with Crippen molar-refractivity contribution in [2.45, 2.75) is 25.2 Å². The summed E-state index contributed by atoms with van der Waals surface area (Å²) in [5, 5.41) is 14.2. The summed E-state index contributed by atoms with van der Waals surface area (Å²) < 4.78 is 0. The average molecular weight is 274 g/mol. The third-order valence-electron chi connectivity index (χ3n) is 3.44. The Kier molecular flexibility index (Phi) is 3.21. The number of benzene rings is 1. The molecule has 4 nitrogen and oxygen atoms in total. The highest BCUT2D eigenvalue weighted by Gasteiger charge is 2.22. The zero-order chi connectivity index (χ0) is 13.2. The standard InChI is InChI=1S/C14H14N2O2S/c17-14(18)16-11-7-2-1-6-10(11)13-15-12(8-19-13)9-4-3-5-9/h1-2,6-9,16H,3-5H2,(H,17,18). The van der Waals surface area contributed by atoms with Gasteiger partial charge in [0.2, 0.25) is 0 Å². The molecular formula is C14H14N2O2S. The lowest BCUT2D eigenvalue weighted by Crippen LogP contribution is -2.09. The van der Waals surface area contributed by atoms with Crippen LogP contribution in [0.5, 0.6) is 0 Å². The Labute approximate surface area is 115 Å². The van der Waals surface area contributed by atoms with Crippen LogP contribution in [0.1, 0.15) is 30.9 Å². The molecule has 98 valence electrons. The van der Waals surface area contributed by atoms with E-state index < -0.39 is 6.09 Å². The van der Waals surface area contributed by atoms with Gasteiger partial charge in [0.25, 0.3) is 0 Å². The molecule has 0 unspecified atom stereocenters. The van der Waals surface area contributed by atoms with Crippen molar-refractivity contribution in [1.82, 2.24) is 4.98 Å². The van der Waals surface area contributed by atoms with Crippen molar-refractivity contribution in [3.05, 3.63) is 35.3 Å². The molecule has 2 N–H and O–H groups in total. The van der Waals surface area contributed by atoms with E-state index >= 15 is 0 Å². The first kappa shape index (κ1) is 12.2. The first-order valence-corrected chi connectivity index (χ1v) is 7.17. The molecule has 0 saturated heterocycles. The molecule has 5 heteroatoms. The average Bonchev–Trinajstić information content (AvgIpc) is 2.76. The molecule has 1 amide bonds. The van der Waals surface area contributed by atoms with Crippen molar-refractivity contribution >= 4 is 23.1 Å². The van der Waals surface area contributed by atoms with E-state index in [2.05, 4.69) is 15.7 Å². The van der Waals surface area contributed by atoms with E-state index in [-0.39, 0.29) is 0 Å². The smallest absolute Gasteiger partial charge is 0.409 e. The molecule has 1 aliphatic carbocycles. The Morgan fingerprint density at radius 3 is 2.84 bits per heavy atom. The summed E-state index contributed by atoms with van der Waals surface area (Å²) in [5.41, 5.74) is 2.58. The molecule has 1 heterocycles. The van der Waals surface area contributed by atoms with Gasteiger partial charge in [0, 0.05) is 16.9 Å². The number of aromatic nitrogens is 1. The lowest BCUT2D eigenvalue weighted by molar-refractivity contribution is 0.210. The number of nitrogens with zero attached hydrogens (tertiary/aromatic N) is 1. The van der Waals surface area contributed by atoms with E-state index in [9.17, 15) is 4.79 Å². The van der Waals surface area contributed by atoms with E-state index in [1.807, 2.05) is 18.2 Å². The summed E-state index contributed by atoms with van der Waals surface area (Å²) in [4.78, 5) is 15.4. The lowest BCUT2D eigenvalue weighted by atomic mass is 9.83. The number of amides is 1. The second-order valence-electron chi connectivity index (χ2n) is 4.68. The number of nitrogens with one attached hydrogen (secondary N) is 1. The fourth-order valence-corrected chi connectivity index (χ4v) is 3.14. The van der Waals surface area contributed by atoms with Gasteiger partial charge in [-0.1, -0.05) is 18.6 Å². The number of hydrogen-bond donors (Lipinski definition) is 2. The summed E-state index contributed by atoms with van der Waals surface area (Å²) in [6.07, 6.45) is 2.67. The summed E-state index contributed by atoms with van der Waals surface area (Å²) in [5.74, 6) is 0.601. The van der Waals surface area contributed by atoms with E-state index in [1.165, 1.54) is 19.3 Å². The van der Waals surface area contributed by atoms with Crippen LogP contribution in [0.3, 0.4) is 0 Å². The number of para-hydroxylation sites is 1. The van der Waals surface area contributed by atoms with Gasteiger partial charge in [-0.3, -0.25) is 5.32 Å². The van der Waals surface area contributed by atoms with Crippen LogP contribution in [0.2, 0.25) is 0 Å². The third-order valence-corrected chi connectivity index (χ3v) is 4.34. The Morgan fingerprint density at radius 1 is 1.37 bits per heavy atom. The van der Waals surface area contributed by atoms with Crippen molar-refractivity contribution in [3.63, 3.8) is 0 Å². The minimum atomic E-state index is -1.05. The Bertz CT molecular complexity index is 605. The number of thiazole rings is 1. The highest BCUT2D eigenvalue weighted by atomic mass is 32.1. The number of rotatable bonds is 3. The van der Waals surface area contributed by atoms with Gasteiger partial charge in [-0.2, -0.15) is 0 Å². The zero-order valence-electron chi connectivity index (χ0n) is 10.3. The Balaban J connectivity index is 1.92. The zero-order valence-corrected chi connectivity index (χ0v) is 11.1. The van der Waals surface area contributed by atoms with Gasteiger partial charge in [-0.25, -0.2) is 9.78 Å². The molecule has 0 atom stereocenters. The van der Waals surface area contributed by atoms with Crippen LogP contribution in [0.25, 0.3) is 10.6 Å². The van der Waals surface area contributed by atoms with Gasteiger partial charge in [0.15, 0.2) is 0 Å². The van der Waals surface area contributed by atoms with Gasteiger partial charge in [0.05, 0.1) is 11.4 Å². The van der Waals surface area contributed by atoms with Gasteiger partial charge < -0.3 is 5.11 Å². The molecule has 0 aliphatic heterocycles. The molecule has 1 fully saturated rings. The maximum absolute atomic E-state index is 10.8. The maximum Gasteiger partial charge on any atom is 0.409 e. The molecule has 1 aliphatic rings. The number of anilines is 1. The quantitative estimate of drug-likeness (QED) is 0.883. The fraction of sp³-hybridized carbons (Fsp3) is 0.286. The monoisotopic (exact) mass is 274 g/mol. The highest BCUT2D eigenvalue weighted by Crippen LogP contribution is 2.39. The third kappa shape index (κ3) is 2.46. The van der Waals surface area contributed by atoms with E-state index in [4.69, 9.17) is 5.11 Å². The predicted molar refractivity (Wildman–Crippen MR) is 75.8 cm³/mol. The number of carboxylic acid groups (broad SMARTS) is 1. The van der Waals surface area contributed by atoms with Crippen LogP contribution in [-0.4, -0.2) is 16.2 Å². The molecule has 0 radical (unpaired) electrons. The fourth-order valence-electron chi connectivity index (χ4n) is 2.20. The summed E-state index contributed by atoms with van der Waals surface area (Å²) in [6.45, 7) is 0. The molecule has 2 aromatic rings. The van der Waals surface area contributed by atoms with Gasteiger partial charge in [-0.15, -0.1) is 11.3 Å². The van der Waals surface area contributed by atoms with Crippen molar-refractivity contribution in [2.24, 2.45) is 0 Å². The summed E-state index contributed by atoms with van der Waals surface area (Å²) in [7, 11) is 0. The van der Waals surface area contributed by atoms with Gasteiger partial charge in [0.1, 0.15) is 5.01 Å². The lowest BCUT2D eigenvalue weighted by Gasteiger charge is -2.23. The second-order valence-corrected chi connectivity index (χ2v) is 5.54. The molecule has 19 heavy (non-hydrogen) atoms. The van der Waals surface area contributed by atoms with Crippen LogP contribution in [0.15, 0.2) is 29.6 Å². The Morgan fingerprint density at radius 2 is 2.16 bits per heavy atom. The van der Waals surface area contributed by atoms with Crippen LogP contribution in [0, 0.1) is 0 Å². The molecule has 1 saturated carbocycles. The summed E-state index contributed by atoms with van der Waals surface area (Å²) >= 11 is 1.58. The first-order chi connectivity index (χ1) is 9.24. The van der Waals surface area contributed by atoms with Crippen LogP contribution < -0.4 is 5.32 Å². The second kappa shape index (κ2) is 5.01. The van der Waals surface area contributed by atoms with Gasteiger partial charge in [-0.05, 0) is 25.0 Å². The van der Waals surface area contributed by atoms with E-state index in [0.717, 1.165) is 16.3 Å². The van der Waals surface area contributed by atoms with Crippen LogP contribution in [0.4, 0.5) is 10.5 Å². The van der Waals surface area contributed by atoms with Crippen LogP contribution in [-0.2, 0) is 0 Å². The topological polar surface area (TPSA) is 62.2 Å². The molecule has 3 rings (SSSR count). The van der Waals surface area contributed by atoms with Crippen molar-refractivity contribution < 1.29 is 9.90 Å². The summed E-state index contributed by atoms with van der Waals surface area (Å²) in [6, 6.07) is 7.37. The number of hydrogen-bond acceptors (Lipinski definition) is 3. The molecule has 0 spiro atoms. The van der Waals surface area contributed by atoms with Crippen molar-refractivity contribution in [2.75, 3.05) is 5.32 Å². The first-order valence-electron chi connectivity index (χ1n) is 6.29. The van der Waals surface area contributed by atoms with Crippen molar-refractivity contribution in [1.29, 1.82) is 0 Å². The molecular weight excluding hydrogens is 260 g/mol. The molecule has 0 bridgehead atoms. The highest BCUT2D eigenvalue weighted by molar-refractivity contribution is 7.13. The Hall–Kier alpha value is -1.88. The minimum absolute atomic E-state index is 0.588. The van der Waals surface area contributed by atoms with E-state index in [0.29, 0.717) is 11.6 Å². The number of carbonyl (C=O) groups is 1. The normalized spacial score (nSPS) is 14.9. The largest absolute Gasteiger partial charge is 0.465 e. The minimum Gasteiger partial charge on any atom is -0.465 e. The van der Waals surface area contributed by atoms with Gasteiger partial charge >= 0.3 is 6.09 Å². The van der Waals surface area contributed by atoms with Crippen molar-refractivity contribution in [3.8, 4) is 10.6 Å². The predicted octanol–water partition coefficient (Wildman–Crippen LogP) is 4.17.